The van der Waals surface area contributed by atoms with Gasteiger partial charge in [-0.3, -0.25) is 25.3 Å². The Balaban J connectivity index is 1.22. The largest absolute Gasteiger partial charge is 0.494 e. The van der Waals surface area contributed by atoms with Crippen molar-refractivity contribution in [3.05, 3.63) is 60.2 Å². The van der Waals surface area contributed by atoms with Gasteiger partial charge in [-0.15, -0.1) is 0 Å². The fraction of sp³-hybridized carbons (Fsp3) is 0.417. The van der Waals surface area contributed by atoms with Crippen LogP contribution in [0.1, 0.15) is 24.8 Å². The third kappa shape index (κ3) is 7.94. The zero-order valence-electron chi connectivity index (χ0n) is 18.2. The molecular formula is C24H32N4O3. The molecule has 1 heterocycles. The summed E-state index contributed by atoms with van der Waals surface area (Å²) in [6, 6.07) is 18.2. The molecule has 1 aliphatic rings. The summed E-state index contributed by atoms with van der Waals surface area (Å²) in [5.41, 5.74) is 7.41. The molecule has 166 valence electrons. The van der Waals surface area contributed by atoms with Gasteiger partial charge in [0.25, 0.3) is 0 Å². The standard InChI is InChI=1S/C24H32N4O3/c1-20-9-11-22(12-10-20)31-19-5-8-23(29)25-26-24(30)13-14-27-15-17-28(18-16-27)21-6-3-2-4-7-21/h2-4,6-7,9-12H,5,8,13-19H2,1H3,(H,25,29)(H,26,30). The number of nitrogens with one attached hydrogen (secondary N) is 2. The number of carbonyl (C=O) groups is 2. The van der Waals surface area contributed by atoms with E-state index in [2.05, 4.69) is 44.9 Å². The highest BCUT2D eigenvalue weighted by atomic mass is 16.5. The predicted octanol–water partition coefficient (Wildman–Crippen LogP) is 2.51. The highest BCUT2D eigenvalue weighted by Crippen LogP contribution is 2.15. The van der Waals surface area contributed by atoms with Gasteiger partial charge >= 0.3 is 0 Å². The first-order valence-corrected chi connectivity index (χ1v) is 10.9. The molecule has 2 aromatic carbocycles. The fourth-order valence-electron chi connectivity index (χ4n) is 3.45. The van der Waals surface area contributed by atoms with Crippen molar-refractivity contribution in [2.45, 2.75) is 26.2 Å². The summed E-state index contributed by atoms with van der Waals surface area (Å²) in [6.45, 7) is 6.92. The van der Waals surface area contributed by atoms with Gasteiger partial charge in [0, 0.05) is 51.3 Å². The first kappa shape index (κ1) is 22.6. The zero-order chi connectivity index (χ0) is 21.9. The number of hydrazine groups is 1. The van der Waals surface area contributed by atoms with Gasteiger partial charge < -0.3 is 9.64 Å². The fourth-order valence-corrected chi connectivity index (χ4v) is 3.45. The summed E-state index contributed by atoms with van der Waals surface area (Å²) in [4.78, 5) is 28.6. The van der Waals surface area contributed by atoms with E-state index in [4.69, 9.17) is 4.74 Å². The first-order valence-electron chi connectivity index (χ1n) is 10.9. The molecule has 0 spiro atoms. The molecule has 7 nitrogen and oxygen atoms in total. The molecule has 31 heavy (non-hydrogen) atoms. The molecule has 3 rings (SSSR count). The first-order chi connectivity index (χ1) is 15.1. The van der Waals surface area contributed by atoms with E-state index in [1.807, 2.05) is 37.3 Å². The minimum absolute atomic E-state index is 0.172. The van der Waals surface area contributed by atoms with Crippen LogP contribution in [0.4, 0.5) is 5.69 Å². The van der Waals surface area contributed by atoms with E-state index < -0.39 is 0 Å². The average molecular weight is 425 g/mol. The third-order valence-corrected chi connectivity index (χ3v) is 5.33. The summed E-state index contributed by atoms with van der Waals surface area (Å²) >= 11 is 0. The number of piperazine rings is 1. The van der Waals surface area contributed by atoms with E-state index in [9.17, 15) is 9.59 Å². The van der Waals surface area contributed by atoms with Crippen molar-refractivity contribution in [1.29, 1.82) is 0 Å². The maximum absolute atomic E-state index is 12.0. The maximum atomic E-state index is 12.0. The van der Waals surface area contributed by atoms with Crippen molar-refractivity contribution in [3.63, 3.8) is 0 Å². The van der Waals surface area contributed by atoms with Gasteiger partial charge in [-0.25, -0.2) is 0 Å². The molecule has 2 amide bonds. The van der Waals surface area contributed by atoms with E-state index in [0.29, 0.717) is 32.4 Å². The van der Waals surface area contributed by atoms with Crippen molar-refractivity contribution in [2.75, 3.05) is 44.2 Å². The number of carbonyl (C=O) groups excluding carboxylic acids is 2. The minimum atomic E-state index is -0.211. The molecule has 0 bridgehead atoms. The van der Waals surface area contributed by atoms with Crippen LogP contribution in [0.3, 0.4) is 0 Å². The van der Waals surface area contributed by atoms with E-state index >= 15 is 0 Å². The molecule has 1 fully saturated rings. The van der Waals surface area contributed by atoms with Crippen LogP contribution < -0.4 is 20.5 Å². The Morgan fingerprint density at radius 2 is 1.52 bits per heavy atom. The van der Waals surface area contributed by atoms with E-state index in [1.165, 1.54) is 11.3 Å². The third-order valence-electron chi connectivity index (χ3n) is 5.33. The number of anilines is 1. The summed E-state index contributed by atoms with van der Waals surface area (Å²) in [7, 11) is 0. The number of amides is 2. The highest BCUT2D eigenvalue weighted by Gasteiger charge is 2.17. The number of para-hydroxylation sites is 1. The highest BCUT2D eigenvalue weighted by molar-refractivity contribution is 5.81. The van der Waals surface area contributed by atoms with Gasteiger partial charge in [0.1, 0.15) is 5.75 Å². The van der Waals surface area contributed by atoms with E-state index in [0.717, 1.165) is 31.9 Å². The van der Waals surface area contributed by atoms with Gasteiger partial charge in [-0.05, 0) is 37.6 Å². The zero-order valence-corrected chi connectivity index (χ0v) is 18.2. The predicted molar refractivity (Wildman–Crippen MR) is 122 cm³/mol. The molecule has 0 aromatic heterocycles. The van der Waals surface area contributed by atoms with Crippen molar-refractivity contribution in [2.24, 2.45) is 0 Å². The molecule has 2 aromatic rings. The number of ether oxygens (including phenoxy) is 1. The number of rotatable bonds is 9. The average Bonchev–Trinajstić information content (AvgIpc) is 2.81. The van der Waals surface area contributed by atoms with Crippen molar-refractivity contribution in [3.8, 4) is 5.75 Å². The van der Waals surface area contributed by atoms with Crippen LogP contribution in [0.2, 0.25) is 0 Å². The summed E-state index contributed by atoms with van der Waals surface area (Å²) in [6.07, 6.45) is 1.25. The lowest BCUT2D eigenvalue weighted by Gasteiger charge is -2.36. The van der Waals surface area contributed by atoms with Crippen molar-refractivity contribution < 1.29 is 14.3 Å². The molecule has 2 N–H and O–H groups in total. The van der Waals surface area contributed by atoms with E-state index in [-0.39, 0.29) is 11.8 Å². The lowest BCUT2D eigenvalue weighted by molar-refractivity contribution is -0.129. The van der Waals surface area contributed by atoms with Crippen LogP contribution in [0, 0.1) is 6.92 Å². The van der Waals surface area contributed by atoms with Crippen LogP contribution in [-0.2, 0) is 9.59 Å². The Hall–Kier alpha value is -3.06. The van der Waals surface area contributed by atoms with Crippen LogP contribution in [-0.4, -0.2) is 56.0 Å². The second kappa shape index (κ2) is 12.0. The topological polar surface area (TPSA) is 73.9 Å². The molecule has 0 saturated carbocycles. The Morgan fingerprint density at radius 3 is 2.19 bits per heavy atom. The number of aryl methyl sites for hydroxylation is 1. The monoisotopic (exact) mass is 424 g/mol. The number of nitrogens with zero attached hydrogens (tertiary/aromatic N) is 2. The second-order valence-corrected chi connectivity index (χ2v) is 7.78. The quantitative estimate of drug-likeness (QED) is 0.478. The molecule has 0 aliphatic carbocycles. The Kier molecular flexibility index (Phi) is 8.72. The SMILES string of the molecule is Cc1ccc(OCCCC(=O)NNC(=O)CCN2CCN(c3ccccc3)CC2)cc1. The van der Waals surface area contributed by atoms with Crippen molar-refractivity contribution >= 4 is 17.5 Å². The van der Waals surface area contributed by atoms with Crippen molar-refractivity contribution in [1.82, 2.24) is 15.8 Å². The lowest BCUT2D eigenvalue weighted by atomic mass is 10.2. The summed E-state index contributed by atoms with van der Waals surface area (Å²) in [5, 5.41) is 0. The maximum Gasteiger partial charge on any atom is 0.239 e. The summed E-state index contributed by atoms with van der Waals surface area (Å²) in [5.74, 6) is 0.413. The summed E-state index contributed by atoms with van der Waals surface area (Å²) < 4.78 is 5.60. The second-order valence-electron chi connectivity index (χ2n) is 7.78. The van der Waals surface area contributed by atoms with Gasteiger partial charge in [-0.2, -0.15) is 0 Å². The Bertz CT molecular complexity index is 818. The molecule has 0 unspecified atom stereocenters. The molecule has 1 saturated heterocycles. The number of hydrogen-bond donors (Lipinski definition) is 2. The normalized spacial score (nSPS) is 14.2. The molecular weight excluding hydrogens is 392 g/mol. The van der Waals surface area contributed by atoms with Gasteiger partial charge in [0.15, 0.2) is 0 Å². The molecule has 0 atom stereocenters. The van der Waals surface area contributed by atoms with E-state index in [1.54, 1.807) is 0 Å². The van der Waals surface area contributed by atoms with Crippen LogP contribution in [0.5, 0.6) is 5.75 Å². The Labute approximate surface area is 184 Å². The Morgan fingerprint density at radius 1 is 0.871 bits per heavy atom. The molecule has 0 radical (unpaired) electrons. The molecule has 7 heteroatoms. The minimum Gasteiger partial charge on any atom is -0.494 e. The van der Waals surface area contributed by atoms with Gasteiger partial charge in [-0.1, -0.05) is 35.9 Å². The van der Waals surface area contributed by atoms with Crippen LogP contribution in [0.15, 0.2) is 54.6 Å². The van der Waals surface area contributed by atoms with Crippen LogP contribution >= 0.6 is 0 Å². The van der Waals surface area contributed by atoms with Gasteiger partial charge in [0.2, 0.25) is 11.8 Å². The van der Waals surface area contributed by atoms with Crippen LogP contribution in [0.25, 0.3) is 0 Å². The number of benzene rings is 2. The molecule has 1 aliphatic heterocycles. The lowest BCUT2D eigenvalue weighted by Crippen LogP contribution is -2.48. The smallest absolute Gasteiger partial charge is 0.239 e. The number of hydrogen-bond acceptors (Lipinski definition) is 5. The van der Waals surface area contributed by atoms with Gasteiger partial charge in [0.05, 0.1) is 6.61 Å².